The van der Waals surface area contributed by atoms with Gasteiger partial charge in [0, 0.05) is 25.3 Å². The average Bonchev–Trinajstić information content (AvgIpc) is 2.55. The van der Waals surface area contributed by atoms with Gasteiger partial charge in [0.1, 0.15) is 0 Å². The Labute approximate surface area is 141 Å². The number of anilines is 1. The van der Waals surface area contributed by atoms with E-state index in [9.17, 15) is 18.0 Å². The maximum atomic E-state index is 12.2. The summed E-state index contributed by atoms with van der Waals surface area (Å²) in [5.74, 6) is -1.80. The van der Waals surface area contributed by atoms with Crippen LogP contribution in [0, 0.1) is 0 Å². The number of amides is 2. The van der Waals surface area contributed by atoms with Crippen molar-refractivity contribution in [1.29, 1.82) is 0 Å². The molecule has 0 saturated carbocycles. The highest BCUT2D eigenvalue weighted by Crippen LogP contribution is 2.17. The Hall–Kier alpha value is -2.23. The fourth-order valence-electron chi connectivity index (χ4n) is 1.69. The van der Waals surface area contributed by atoms with Crippen molar-refractivity contribution in [3.63, 3.8) is 0 Å². The third-order valence-corrected chi connectivity index (χ3v) is 4.90. The van der Waals surface area contributed by atoms with E-state index in [0.29, 0.717) is 0 Å². The Bertz CT molecular complexity index is 700. The highest BCUT2D eigenvalue weighted by Gasteiger charge is 2.20. The summed E-state index contributed by atoms with van der Waals surface area (Å²) < 4.78 is 25.6. The number of benzene rings is 1. The fraction of sp³-hybridized carbons (Fsp3) is 0.333. The normalized spacial score (nSPS) is 12.5. The van der Waals surface area contributed by atoms with Crippen molar-refractivity contribution in [1.82, 2.24) is 9.62 Å². The van der Waals surface area contributed by atoms with Crippen molar-refractivity contribution in [2.24, 2.45) is 0 Å². The van der Waals surface area contributed by atoms with Crippen molar-refractivity contribution < 1.29 is 23.1 Å². The Morgan fingerprint density at radius 3 is 2.38 bits per heavy atom. The highest BCUT2D eigenvalue weighted by molar-refractivity contribution is 7.89. The number of likely N-dealkylation sites (N-methyl/N-ethyl adjacent to an activating group) is 1. The summed E-state index contributed by atoms with van der Waals surface area (Å²) in [5.41, 5.74) is 0.275. The molecular weight excluding hydrogens is 334 g/mol. The first kappa shape index (κ1) is 19.8. The van der Waals surface area contributed by atoms with Crippen LogP contribution in [0.3, 0.4) is 0 Å². The predicted molar refractivity (Wildman–Crippen MR) is 89.8 cm³/mol. The lowest BCUT2D eigenvalue weighted by molar-refractivity contribution is -0.136. The number of rotatable bonds is 7. The Kier molecular flexibility index (Phi) is 7.08. The summed E-state index contributed by atoms with van der Waals surface area (Å²) in [6.07, 6.45) is 1.47. The molecule has 2 amide bonds. The zero-order chi connectivity index (χ0) is 18.3. The standard InChI is InChI=1S/C15H21N3O5S/c1-4-9-18(3)24(22,23)13-7-5-12(6-8-13)17-15(21)14(20)16-11(2)10-19/h4-8,11,19H,1,9-10H2,2-3H3,(H,16,20)(H,17,21)/t11-/m1/s1. The Morgan fingerprint density at radius 1 is 1.29 bits per heavy atom. The molecule has 132 valence electrons. The number of nitrogens with one attached hydrogen (secondary N) is 2. The molecular formula is C15H21N3O5S. The van der Waals surface area contributed by atoms with Gasteiger partial charge in [0.2, 0.25) is 10.0 Å². The SMILES string of the molecule is C=CCN(C)S(=O)(=O)c1ccc(NC(=O)C(=O)N[C@H](C)CO)cc1. The fourth-order valence-corrected chi connectivity index (χ4v) is 2.83. The number of hydrogen-bond acceptors (Lipinski definition) is 5. The number of carbonyl (C=O) groups is 2. The molecule has 0 aliphatic rings. The summed E-state index contributed by atoms with van der Waals surface area (Å²) in [5, 5.41) is 13.5. The monoisotopic (exact) mass is 355 g/mol. The molecule has 0 aromatic heterocycles. The first-order valence-electron chi connectivity index (χ1n) is 7.12. The van der Waals surface area contributed by atoms with Crippen LogP contribution in [-0.4, -0.2) is 55.9 Å². The van der Waals surface area contributed by atoms with Gasteiger partial charge in [0.25, 0.3) is 0 Å². The quantitative estimate of drug-likeness (QED) is 0.468. The molecule has 0 aliphatic carbocycles. The lowest BCUT2D eigenvalue weighted by atomic mass is 10.3. The lowest BCUT2D eigenvalue weighted by Gasteiger charge is -2.15. The van der Waals surface area contributed by atoms with E-state index in [4.69, 9.17) is 5.11 Å². The van der Waals surface area contributed by atoms with E-state index in [0.717, 1.165) is 4.31 Å². The first-order valence-corrected chi connectivity index (χ1v) is 8.56. The summed E-state index contributed by atoms with van der Waals surface area (Å²) in [6.45, 7) is 4.92. The summed E-state index contributed by atoms with van der Waals surface area (Å²) in [4.78, 5) is 23.3. The third-order valence-electron chi connectivity index (χ3n) is 3.06. The van der Waals surface area contributed by atoms with Gasteiger partial charge in [-0.25, -0.2) is 8.42 Å². The summed E-state index contributed by atoms with van der Waals surface area (Å²) in [7, 11) is -2.21. The molecule has 0 bridgehead atoms. The largest absolute Gasteiger partial charge is 0.394 e. The minimum absolute atomic E-state index is 0.0585. The van der Waals surface area contributed by atoms with Crippen molar-refractivity contribution in [2.45, 2.75) is 17.9 Å². The number of sulfonamides is 1. The molecule has 24 heavy (non-hydrogen) atoms. The number of nitrogens with zero attached hydrogens (tertiary/aromatic N) is 1. The van der Waals surface area contributed by atoms with Crippen LogP contribution in [0.5, 0.6) is 0 Å². The molecule has 1 aromatic carbocycles. The summed E-state index contributed by atoms with van der Waals surface area (Å²) in [6, 6.07) is 4.89. The van der Waals surface area contributed by atoms with E-state index < -0.39 is 27.9 Å². The van der Waals surface area contributed by atoms with Crippen molar-refractivity contribution in [3.05, 3.63) is 36.9 Å². The molecule has 0 saturated heterocycles. The second kappa shape index (κ2) is 8.57. The number of carbonyl (C=O) groups excluding carboxylic acids is 2. The second-order valence-electron chi connectivity index (χ2n) is 5.11. The second-order valence-corrected chi connectivity index (χ2v) is 7.15. The molecule has 8 nitrogen and oxygen atoms in total. The van der Waals surface area contributed by atoms with Gasteiger partial charge in [-0.05, 0) is 31.2 Å². The van der Waals surface area contributed by atoms with Crippen molar-refractivity contribution in [3.8, 4) is 0 Å². The van der Waals surface area contributed by atoms with Gasteiger partial charge in [-0.3, -0.25) is 9.59 Å². The minimum Gasteiger partial charge on any atom is -0.394 e. The lowest BCUT2D eigenvalue weighted by Crippen LogP contribution is -2.42. The van der Waals surface area contributed by atoms with E-state index in [2.05, 4.69) is 17.2 Å². The Balaban J connectivity index is 2.80. The molecule has 1 atom stereocenters. The van der Waals surface area contributed by atoms with Gasteiger partial charge in [-0.15, -0.1) is 6.58 Å². The van der Waals surface area contributed by atoms with E-state index in [-0.39, 0.29) is 23.7 Å². The maximum absolute atomic E-state index is 12.2. The molecule has 3 N–H and O–H groups in total. The van der Waals surface area contributed by atoms with E-state index in [1.54, 1.807) is 6.92 Å². The molecule has 0 unspecified atom stereocenters. The van der Waals surface area contributed by atoms with Crippen LogP contribution in [-0.2, 0) is 19.6 Å². The zero-order valence-electron chi connectivity index (χ0n) is 13.5. The molecule has 1 rings (SSSR count). The van der Waals surface area contributed by atoms with Crippen LogP contribution < -0.4 is 10.6 Å². The van der Waals surface area contributed by atoms with Crippen LogP contribution in [0.15, 0.2) is 41.8 Å². The smallest absolute Gasteiger partial charge is 0.313 e. The molecule has 0 radical (unpaired) electrons. The van der Waals surface area contributed by atoms with E-state index >= 15 is 0 Å². The average molecular weight is 355 g/mol. The van der Waals surface area contributed by atoms with Crippen LogP contribution in [0.1, 0.15) is 6.92 Å². The molecule has 0 spiro atoms. The predicted octanol–water partition coefficient (Wildman–Crippen LogP) is -0.0714. The van der Waals surface area contributed by atoms with Gasteiger partial charge < -0.3 is 15.7 Å². The topological polar surface area (TPSA) is 116 Å². The maximum Gasteiger partial charge on any atom is 0.313 e. The number of aliphatic hydroxyl groups excluding tert-OH is 1. The molecule has 0 fully saturated rings. The van der Waals surface area contributed by atoms with E-state index in [1.165, 1.54) is 37.4 Å². The number of aliphatic hydroxyl groups is 1. The van der Waals surface area contributed by atoms with Crippen molar-refractivity contribution in [2.75, 3.05) is 25.5 Å². The molecule has 9 heteroatoms. The first-order chi connectivity index (χ1) is 11.2. The van der Waals surface area contributed by atoms with Crippen LogP contribution in [0.2, 0.25) is 0 Å². The van der Waals surface area contributed by atoms with Gasteiger partial charge in [-0.2, -0.15) is 4.31 Å². The molecule has 0 aliphatic heterocycles. The molecule has 0 heterocycles. The molecule has 1 aromatic rings. The zero-order valence-corrected chi connectivity index (χ0v) is 14.3. The van der Waals surface area contributed by atoms with Crippen molar-refractivity contribution >= 4 is 27.5 Å². The van der Waals surface area contributed by atoms with E-state index in [1.807, 2.05) is 0 Å². The van der Waals surface area contributed by atoms with Crippen LogP contribution in [0.4, 0.5) is 5.69 Å². The van der Waals surface area contributed by atoms with Gasteiger partial charge in [0.05, 0.1) is 11.5 Å². The van der Waals surface area contributed by atoms with Gasteiger partial charge in [-0.1, -0.05) is 6.08 Å². The van der Waals surface area contributed by atoms with Crippen LogP contribution in [0.25, 0.3) is 0 Å². The minimum atomic E-state index is -3.64. The number of hydrogen-bond donors (Lipinski definition) is 3. The van der Waals surface area contributed by atoms with Gasteiger partial charge >= 0.3 is 11.8 Å². The highest BCUT2D eigenvalue weighted by atomic mass is 32.2. The Morgan fingerprint density at radius 2 is 1.88 bits per heavy atom. The van der Waals surface area contributed by atoms with Gasteiger partial charge in [0.15, 0.2) is 0 Å². The van der Waals surface area contributed by atoms with Crippen LogP contribution >= 0.6 is 0 Å². The summed E-state index contributed by atoms with van der Waals surface area (Å²) >= 11 is 0. The third kappa shape index (κ3) is 5.15.